The maximum atomic E-state index is 13.7. The molecule has 0 aromatic heterocycles. The SMILES string of the molecule is N#Cc1c(F)c(F)c(-c2ccccc2F)c(F)c1F. The van der Waals surface area contributed by atoms with Crippen LogP contribution in [0.25, 0.3) is 11.1 Å². The van der Waals surface area contributed by atoms with Gasteiger partial charge in [-0.05, 0) is 6.07 Å². The van der Waals surface area contributed by atoms with Crippen molar-refractivity contribution in [2.24, 2.45) is 0 Å². The van der Waals surface area contributed by atoms with Crippen molar-refractivity contribution in [2.75, 3.05) is 0 Å². The van der Waals surface area contributed by atoms with E-state index in [-0.39, 0.29) is 0 Å². The van der Waals surface area contributed by atoms with Gasteiger partial charge in [-0.2, -0.15) is 5.26 Å². The molecule has 2 rings (SSSR count). The molecule has 0 saturated heterocycles. The Morgan fingerprint density at radius 3 is 1.79 bits per heavy atom. The van der Waals surface area contributed by atoms with Gasteiger partial charge in [0.05, 0.1) is 5.56 Å². The van der Waals surface area contributed by atoms with Crippen LogP contribution in [0.3, 0.4) is 0 Å². The molecule has 0 radical (unpaired) electrons. The molecular weight excluding hydrogens is 265 g/mol. The van der Waals surface area contributed by atoms with Gasteiger partial charge in [-0.3, -0.25) is 0 Å². The fourth-order valence-electron chi connectivity index (χ4n) is 1.63. The summed E-state index contributed by atoms with van der Waals surface area (Å²) in [5, 5.41) is 8.43. The highest BCUT2D eigenvalue weighted by Crippen LogP contribution is 2.33. The van der Waals surface area contributed by atoms with E-state index in [1.165, 1.54) is 12.1 Å². The Labute approximate surface area is 104 Å². The summed E-state index contributed by atoms with van der Waals surface area (Å²) >= 11 is 0. The van der Waals surface area contributed by atoms with E-state index in [0.29, 0.717) is 0 Å². The van der Waals surface area contributed by atoms with E-state index < -0.39 is 45.8 Å². The minimum absolute atomic E-state index is 0.625. The number of hydrogen-bond acceptors (Lipinski definition) is 1. The van der Waals surface area contributed by atoms with Gasteiger partial charge in [0.15, 0.2) is 23.3 Å². The highest BCUT2D eigenvalue weighted by Gasteiger charge is 2.27. The maximum absolute atomic E-state index is 13.7. The predicted octanol–water partition coefficient (Wildman–Crippen LogP) is 3.92. The Kier molecular flexibility index (Phi) is 3.21. The van der Waals surface area contributed by atoms with Crippen LogP contribution >= 0.6 is 0 Å². The molecule has 0 unspecified atom stereocenters. The largest absolute Gasteiger partial charge is 0.206 e. The molecule has 0 aliphatic carbocycles. The van der Waals surface area contributed by atoms with E-state index in [9.17, 15) is 22.0 Å². The Morgan fingerprint density at radius 1 is 0.789 bits per heavy atom. The molecular formula is C13H4F5N. The fourth-order valence-corrected chi connectivity index (χ4v) is 1.63. The van der Waals surface area contributed by atoms with Crippen molar-refractivity contribution in [1.82, 2.24) is 0 Å². The van der Waals surface area contributed by atoms with Gasteiger partial charge in [-0.25, -0.2) is 22.0 Å². The summed E-state index contributed by atoms with van der Waals surface area (Å²) in [5.74, 6) is -8.34. The van der Waals surface area contributed by atoms with Gasteiger partial charge < -0.3 is 0 Å². The summed E-state index contributed by atoms with van der Waals surface area (Å²) in [4.78, 5) is 0. The van der Waals surface area contributed by atoms with Gasteiger partial charge in [-0.1, -0.05) is 18.2 Å². The van der Waals surface area contributed by atoms with Crippen LogP contribution in [0.2, 0.25) is 0 Å². The number of rotatable bonds is 1. The minimum atomic E-state index is -1.85. The van der Waals surface area contributed by atoms with Gasteiger partial charge in [0.2, 0.25) is 0 Å². The zero-order valence-electron chi connectivity index (χ0n) is 9.15. The second-order valence-electron chi connectivity index (χ2n) is 3.60. The molecule has 2 aromatic carbocycles. The van der Waals surface area contributed by atoms with Crippen molar-refractivity contribution in [3.8, 4) is 17.2 Å². The molecule has 2 aromatic rings. The number of hydrogen-bond donors (Lipinski definition) is 0. The molecule has 0 N–H and O–H groups in total. The Morgan fingerprint density at radius 2 is 1.32 bits per heavy atom. The van der Waals surface area contributed by atoms with Crippen LogP contribution in [-0.2, 0) is 0 Å². The van der Waals surface area contributed by atoms with E-state index in [2.05, 4.69) is 0 Å². The second kappa shape index (κ2) is 4.69. The quantitative estimate of drug-likeness (QED) is 0.568. The summed E-state index contributed by atoms with van der Waals surface area (Å²) in [5.41, 5.74) is -3.18. The van der Waals surface area contributed by atoms with Crippen molar-refractivity contribution in [1.29, 1.82) is 5.26 Å². The summed E-state index contributed by atoms with van der Waals surface area (Å²) in [7, 11) is 0. The lowest BCUT2D eigenvalue weighted by Crippen LogP contribution is -2.04. The number of benzene rings is 2. The van der Waals surface area contributed by atoms with Crippen LogP contribution in [-0.4, -0.2) is 0 Å². The molecule has 0 heterocycles. The molecule has 96 valence electrons. The van der Waals surface area contributed by atoms with E-state index in [1.807, 2.05) is 0 Å². The standard InChI is InChI=1S/C13H4F5N/c14-8-4-2-1-3-6(8)9-12(17)10(15)7(5-19)11(16)13(9)18/h1-4H. The van der Waals surface area contributed by atoms with Crippen LogP contribution < -0.4 is 0 Å². The number of nitrogens with zero attached hydrogens (tertiary/aromatic N) is 1. The van der Waals surface area contributed by atoms with Gasteiger partial charge >= 0.3 is 0 Å². The lowest BCUT2D eigenvalue weighted by molar-refractivity contribution is 0.453. The lowest BCUT2D eigenvalue weighted by atomic mass is 10.0. The monoisotopic (exact) mass is 269 g/mol. The fraction of sp³-hybridized carbons (Fsp3) is 0. The van der Waals surface area contributed by atoms with Gasteiger partial charge in [-0.15, -0.1) is 0 Å². The van der Waals surface area contributed by atoms with Crippen molar-refractivity contribution in [3.63, 3.8) is 0 Å². The summed E-state index contributed by atoms with van der Waals surface area (Å²) in [6.07, 6.45) is 0. The molecule has 0 saturated carbocycles. The normalized spacial score (nSPS) is 10.3. The first-order valence-electron chi connectivity index (χ1n) is 5.00. The second-order valence-corrected chi connectivity index (χ2v) is 3.60. The molecule has 0 aliphatic heterocycles. The molecule has 0 bridgehead atoms. The van der Waals surface area contributed by atoms with Crippen molar-refractivity contribution < 1.29 is 22.0 Å². The topological polar surface area (TPSA) is 23.8 Å². The van der Waals surface area contributed by atoms with Gasteiger partial charge in [0.25, 0.3) is 0 Å². The Hall–Kier alpha value is -2.42. The average molecular weight is 269 g/mol. The first-order valence-corrected chi connectivity index (χ1v) is 5.00. The number of halogens is 5. The molecule has 0 spiro atoms. The first-order chi connectivity index (χ1) is 8.99. The predicted molar refractivity (Wildman–Crippen MR) is 56.4 cm³/mol. The number of nitriles is 1. The molecule has 6 heteroatoms. The summed E-state index contributed by atoms with van der Waals surface area (Å²) in [6.45, 7) is 0. The van der Waals surface area contributed by atoms with Crippen molar-refractivity contribution in [3.05, 3.63) is 58.9 Å². The molecule has 1 nitrogen and oxygen atoms in total. The Bertz CT molecular complexity index is 674. The summed E-state index contributed by atoms with van der Waals surface area (Å²) in [6, 6.07) is 5.39. The van der Waals surface area contributed by atoms with Crippen LogP contribution in [0, 0.1) is 40.4 Å². The van der Waals surface area contributed by atoms with E-state index in [0.717, 1.165) is 18.2 Å². The van der Waals surface area contributed by atoms with Gasteiger partial charge in [0.1, 0.15) is 17.4 Å². The molecule has 0 fully saturated rings. The third kappa shape index (κ3) is 1.93. The summed E-state index contributed by atoms with van der Waals surface area (Å²) < 4.78 is 67.5. The van der Waals surface area contributed by atoms with Crippen molar-refractivity contribution in [2.45, 2.75) is 0 Å². The molecule has 0 aliphatic rings. The van der Waals surface area contributed by atoms with E-state index in [4.69, 9.17) is 5.26 Å². The van der Waals surface area contributed by atoms with Crippen LogP contribution in [0.4, 0.5) is 22.0 Å². The van der Waals surface area contributed by atoms with E-state index in [1.54, 1.807) is 0 Å². The molecule has 19 heavy (non-hydrogen) atoms. The average Bonchev–Trinajstić information content (AvgIpc) is 2.40. The smallest absolute Gasteiger partial charge is 0.180 e. The highest BCUT2D eigenvalue weighted by atomic mass is 19.2. The van der Waals surface area contributed by atoms with Crippen LogP contribution in [0.5, 0.6) is 0 Å². The molecule has 0 atom stereocenters. The third-order valence-corrected chi connectivity index (χ3v) is 2.52. The van der Waals surface area contributed by atoms with Crippen LogP contribution in [0.1, 0.15) is 5.56 Å². The molecule has 0 amide bonds. The maximum Gasteiger partial charge on any atom is 0.180 e. The highest BCUT2D eigenvalue weighted by molar-refractivity contribution is 5.67. The van der Waals surface area contributed by atoms with Crippen molar-refractivity contribution >= 4 is 0 Å². The Balaban J connectivity index is 2.88. The van der Waals surface area contributed by atoms with Crippen LogP contribution in [0.15, 0.2) is 24.3 Å². The van der Waals surface area contributed by atoms with Gasteiger partial charge in [0, 0.05) is 5.56 Å². The third-order valence-electron chi connectivity index (χ3n) is 2.52. The zero-order valence-corrected chi connectivity index (χ0v) is 9.15. The van der Waals surface area contributed by atoms with E-state index >= 15 is 0 Å². The zero-order chi connectivity index (χ0) is 14.2. The minimum Gasteiger partial charge on any atom is -0.206 e. The first kappa shape index (κ1) is 13.0. The lowest BCUT2D eigenvalue weighted by Gasteiger charge is -2.09.